The van der Waals surface area contributed by atoms with Crippen LogP contribution in [0.3, 0.4) is 0 Å². The van der Waals surface area contributed by atoms with Crippen molar-refractivity contribution in [3.05, 3.63) is 101 Å². The molecule has 1 spiro atoms. The molecule has 3 amide bonds. The molecule has 33 heavy (non-hydrogen) atoms. The Kier molecular flexibility index (Phi) is 5.55. The lowest BCUT2D eigenvalue weighted by atomic mass is 9.83. The number of carbonyl (C=O) groups excluding carboxylic acids is 3. The van der Waals surface area contributed by atoms with E-state index in [0.29, 0.717) is 19.3 Å². The highest BCUT2D eigenvalue weighted by Gasteiger charge is 2.50. The van der Waals surface area contributed by atoms with Gasteiger partial charge in [0.15, 0.2) is 0 Å². The van der Waals surface area contributed by atoms with Gasteiger partial charge in [-0.15, -0.1) is 0 Å². The molecule has 0 aromatic heterocycles. The van der Waals surface area contributed by atoms with Crippen LogP contribution in [0, 0.1) is 11.3 Å². The van der Waals surface area contributed by atoms with Crippen molar-refractivity contribution in [2.75, 3.05) is 5.32 Å². The molecule has 2 bridgehead atoms. The van der Waals surface area contributed by atoms with Crippen LogP contribution in [-0.4, -0.2) is 17.7 Å². The normalized spacial score (nSPS) is 31.5. The highest BCUT2D eigenvalue weighted by Crippen LogP contribution is 2.43. The second-order valence-corrected chi connectivity index (χ2v) is 9.22. The average Bonchev–Trinajstić information content (AvgIpc) is 3.26. The minimum absolute atomic E-state index is 0.0338. The lowest BCUT2D eigenvalue weighted by Gasteiger charge is -2.23. The van der Waals surface area contributed by atoms with Crippen LogP contribution in [-0.2, 0) is 27.2 Å². The van der Waals surface area contributed by atoms with Crippen molar-refractivity contribution in [1.29, 1.82) is 0 Å². The van der Waals surface area contributed by atoms with Gasteiger partial charge in [-0.25, -0.2) is 0 Å². The van der Waals surface area contributed by atoms with Crippen LogP contribution in [0.2, 0.25) is 0 Å². The molecule has 2 N–H and O–H groups in total. The van der Waals surface area contributed by atoms with Crippen LogP contribution in [0.25, 0.3) is 0 Å². The molecule has 5 nitrogen and oxygen atoms in total. The molecule has 6 rings (SSSR count). The van der Waals surface area contributed by atoms with Gasteiger partial charge < -0.3 is 5.32 Å². The van der Waals surface area contributed by atoms with Crippen LogP contribution in [0.4, 0.5) is 5.69 Å². The van der Waals surface area contributed by atoms with E-state index in [2.05, 4.69) is 34.9 Å². The molecule has 5 aliphatic rings. The maximum absolute atomic E-state index is 12.9. The molecule has 1 fully saturated rings. The van der Waals surface area contributed by atoms with Crippen molar-refractivity contribution < 1.29 is 14.4 Å². The summed E-state index contributed by atoms with van der Waals surface area (Å²) in [5.74, 6) is -0.309. The number of benzene rings is 1. The summed E-state index contributed by atoms with van der Waals surface area (Å²) in [6, 6.07) is 5.81. The molecule has 0 saturated carbocycles. The summed E-state index contributed by atoms with van der Waals surface area (Å²) >= 11 is 0. The second kappa shape index (κ2) is 8.66. The first-order valence-electron chi connectivity index (χ1n) is 11.4. The number of hydrogen-bond donors (Lipinski definition) is 2. The molecule has 1 aromatic rings. The molecule has 4 aliphatic carbocycles. The summed E-state index contributed by atoms with van der Waals surface area (Å²) in [4.78, 5) is 37.0. The minimum atomic E-state index is -0.654. The van der Waals surface area contributed by atoms with E-state index in [-0.39, 0.29) is 30.1 Å². The molecule has 2 unspecified atom stereocenters. The lowest BCUT2D eigenvalue weighted by molar-refractivity contribution is -0.128. The fourth-order valence-corrected chi connectivity index (χ4v) is 5.16. The summed E-state index contributed by atoms with van der Waals surface area (Å²) in [5, 5.41) is 5.48. The van der Waals surface area contributed by atoms with Gasteiger partial charge >= 0.3 is 0 Å². The van der Waals surface area contributed by atoms with Gasteiger partial charge in [0, 0.05) is 18.5 Å². The van der Waals surface area contributed by atoms with Gasteiger partial charge in [0.2, 0.25) is 17.7 Å². The van der Waals surface area contributed by atoms with Gasteiger partial charge in [-0.3, -0.25) is 19.7 Å². The van der Waals surface area contributed by atoms with Gasteiger partial charge in [-0.1, -0.05) is 66.8 Å². The Bertz CT molecular complexity index is 1210. The summed E-state index contributed by atoms with van der Waals surface area (Å²) in [5.41, 5.74) is 4.53. The molecular weight excluding hydrogens is 412 g/mol. The molecule has 2 atom stereocenters. The quantitative estimate of drug-likeness (QED) is 0.693. The Morgan fingerprint density at radius 3 is 2.48 bits per heavy atom. The Labute approximate surface area is 193 Å². The average molecular weight is 439 g/mol. The number of amides is 3. The van der Waals surface area contributed by atoms with E-state index in [1.165, 1.54) is 5.57 Å². The van der Waals surface area contributed by atoms with Gasteiger partial charge in [0.25, 0.3) is 0 Å². The van der Waals surface area contributed by atoms with E-state index in [1.807, 2.05) is 54.7 Å². The minimum Gasteiger partial charge on any atom is -0.326 e. The molecule has 1 aliphatic heterocycles. The fraction of sp³-hybridized carbons (Fsp3) is 0.250. The number of carbonyl (C=O) groups is 3. The molecule has 0 radical (unpaired) electrons. The van der Waals surface area contributed by atoms with E-state index in [0.717, 1.165) is 28.8 Å². The summed E-state index contributed by atoms with van der Waals surface area (Å²) in [6.45, 7) is 0. The summed E-state index contributed by atoms with van der Waals surface area (Å²) in [6.07, 6.45) is 22.9. The van der Waals surface area contributed by atoms with Crippen molar-refractivity contribution >= 4 is 23.4 Å². The van der Waals surface area contributed by atoms with Crippen molar-refractivity contribution in [3.8, 4) is 0 Å². The first kappa shape index (κ1) is 21.1. The Balaban J connectivity index is 1.29. The predicted octanol–water partition coefficient (Wildman–Crippen LogP) is 4.26. The van der Waals surface area contributed by atoms with Crippen molar-refractivity contribution in [1.82, 2.24) is 5.32 Å². The zero-order chi connectivity index (χ0) is 22.8. The molecule has 166 valence electrons. The number of rotatable bonds is 3. The first-order chi connectivity index (χ1) is 16.0. The molecule has 1 heterocycles. The maximum Gasteiger partial charge on any atom is 0.233 e. The van der Waals surface area contributed by atoms with Crippen LogP contribution < -0.4 is 10.6 Å². The van der Waals surface area contributed by atoms with Crippen molar-refractivity contribution in [3.63, 3.8) is 0 Å². The molecular formula is C28H26N2O3. The Morgan fingerprint density at radius 2 is 1.70 bits per heavy atom. The largest absolute Gasteiger partial charge is 0.326 e. The number of imide groups is 1. The van der Waals surface area contributed by atoms with Crippen LogP contribution >= 0.6 is 0 Å². The van der Waals surface area contributed by atoms with E-state index in [1.54, 1.807) is 0 Å². The van der Waals surface area contributed by atoms with Crippen LogP contribution in [0.15, 0.2) is 90.1 Å². The van der Waals surface area contributed by atoms with Gasteiger partial charge in [0.05, 0.1) is 5.41 Å². The number of nitrogens with one attached hydrogen (secondary N) is 2. The number of allylic oxidation sites excluding steroid dienone is 12. The zero-order valence-electron chi connectivity index (χ0n) is 18.3. The first-order valence-corrected chi connectivity index (χ1v) is 11.4. The lowest BCUT2D eigenvalue weighted by Crippen LogP contribution is -2.32. The summed E-state index contributed by atoms with van der Waals surface area (Å²) in [7, 11) is 0. The third-order valence-corrected chi connectivity index (χ3v) is 6.81. The Morgan fingerprint density at radius 1 is 0.939 bits per heavy atom. The third-order valence-electron chi connectivity index (χ3n) is 6.81. The SMILES string of the molecule is O=C1CC2(Cc3ccc(NC(=O)CC4C\C5=C/C=C\C=C/C=C/C=C\4C=C5)cc3C2)C(=O)N1. The van der Waals surface area contributed by atoms with Crippen molar-refractivity contribution in [2.45, 2.75) is 32.1 Å². The van der Waals surface area contributed by atoms with Crippen LogP contribution in [0.1, 0.15) is 30.4 Å². The number of hydrogen-bond acceptors (Lipinski definition) is 3. The monoisotopic (exact) mass is 438 g/mol. The smallest absolute Gasteiger partial charge is 0.233 e. The van der Waals surface area contributed by atoms with E-state index in [9.17, 15) is 14.4 Å². The fourth-order valence-electron chi connectivity index (χ4n) is 5.16. The highest BCUT2D eigenvalue weighted by molar-refractivity contribution is 6.06. The van der Waals surface area contributed by atoms with Gasteiger partial charge in [-0.2, -0.15) is 0 Å². The van der Waals surface area contributed by atoms with Crippen LogP contribution in [0.5, 0.6) is 0 Å². The Hall–Kier alpha value is -3.73. The molecule has 1 saturated heterocycles. The third kappa shape index (κ3) is 4.44. The highest BCUT2D eigenvalue weighted by atomic mass is 16.2. The van der Waals surface area contributed by atoms with E-state index < -0.39 is 5.41 Å². The molecule has 5 heteroatoms. The summed E-state index contributed by atoms with van der Waals surface area (Å²) < 4.78 is 0. The maximum atomic E-state index is 12.9. The zero-order valence-corrected chi connectivity index (χ0v) is 18.3. The van der Waals surface area contributed by atoms with E-state index in [4.69, 9.17) is 0 Å². The topological polar surface area (TPSA) is 75.3 Å². The number of fused-ring (bicyclic) bond motifs is 6. The standard InChI is InChI=1S/C28H26N2O3/c31-25(15-22-13-19-7-5-3-1-2-4-6-8-20(22)10-9-19)29-24-12-11-21-16-28(17-23(21)14-24)18-26(32)30-27(28)33/h1-12,14,22H,13,15-18H2,(H,29,31)(H,30,32,33)/b2-1-,3-1?,4-2?,5-3-,6-4+,7-5?,8-6?,19-7-,20-8-. The predicted molar refractivity (Wildman–Crippen MR) is 128 cm³/mol. The number of anilines is 1. The van der Waals surface area contributed by atoms with Crippen molar-refractivity contribution in [2.24, 2.45) is 11.3 Å². The second-order valence-electron chi connectivity index (χ2n) is 9.22. The van der Waals surface area contributed by atoms with Gasteiger partial charge in [-0.05, 0) is 59.6 Å². The van der Waals surface area contributed by atoms with Gasteiger partial charge in [0.1, 0.15) is 0 Å². The molecule has 1 aromatic carbocycles. The van der Waals surface area contributed by atoms with E-state index >= 15 is 0 Å².